The fourth-order valence-electron chi connectivity index (χ4n) is 6.37. The van der Waals surface area contributed by atoms with Gasteiger partial charge in [-0.3, -0.25) is 9.98 Å². The highest BCUT2D eigenvalue weighted by atomic mass is 32.1. The number of hydrogen-bond acceptors (Lipinski definition) is 3. The van der Waals surface area contributed by atoms with Crippen molar-refractivity contribution in [1.82, 2.24) is 0 Å². The lowest BCUT2D eigenvalue weighted by Crippen LogP contribution is -1.95. The van der Waals surface area contributed by atoms with Crippen LogP contribution in [-0.4, -0.2) is 12.4 Å². The van der Waals surface area contributed by atoms with E-state index in [0.717, 1.165) is 44.4 Å². The smallest absolute Gasteiger partial charge is 0.0974 e. The van der Waals surface area contributed by atoms with E-state index in [1.807, 2.05) is 17.4 Å². The average Bonchev–Trinajstić information content (AvgIpc) is 3.47. The zero-order valence-electron chi connectivity index (χ0n) is 24.3. The van der Waals surface area contributed by atoms with E-state index >= 15 is 0 Å². The second-order valence-corrected chi connectivity index (χ2v) is 12.1. The quantitative estimate of drug-likeness (QED) is 0.143. The number of aliphatic imine (C=N–C) groups is 2. The van der Waals surface area contributed by atoms with E-state index in [1.165, 1.54) is 42.2 Å². The Kier molecular flexibility index (Phi) is 6.40. The molecule has 0 radical (unpaired) electrons. The molecule has 44 heavy (non-hydrogen) atoms. The zero-order valence-corrected chi connectivity index (χ0v) is 25.1. The second-order valence-electron chi connectivity index (χ2n) is 11.1. The number of hydrogen-bond donors (Lipinski definition) is 0. The van der Waals surface area contributed by atoms with Crippen molar-refractivity contribution in [3.05, 3.63) is 145 Å². The van der Waals surface area contributed by atoms with Crippen LogP contribution in [0.3, 0.4) is 0 Å². The first kappa shape index (κ1) is 26.3. The summed E-state index contributed by atoms with van der Waals surface area (Å²) in [6.07, 6.45) is 0. The van der Waals surface area contributed by atoms with Crippen LogP contribution in [0.2, 0.25) is 0 Å². The molecular weight excluding hydrogens is 553 g/mol. The largest absolute Gasteiger partial charge is 0.262 e. The molecule has 0 spiro atoms. The Morgan fingerprint density at radius 2 is 1.09 bits per heavy atom. The Morgan fingerprint density at radius 1 is 0.523 bits per heavy atom. The third-order valence-corrected chi connectivity index (χ3v) is 9.73. The number of rotatable bonds is 5. The van der Waals surface area contributed by atoms with Gasteiger partial charge in [0, 0.05) is 36.7 Å². The van der Waals surface area contributed by atoms with Gasteiger partial charge in [0.1, 0.15) is 0 Å². The first-order valence-electron chi connectivity index (χ1n) is 14.8. The summed E-state index contributed by atoms with van der Waals surface area (Å²) >= 11 is 1.87. The van der Waals surface area contributed by atoms with Crippen molar-refractivity contribution in [3.8, 4) is 22.3 Å². The Bertz CT molecular complexity index is 2430. The molecule has 3 heteroatoms. The molecule has 0 saturated carbocycles. The number of nitrogens with zero attached hydrogens (tertiary/aromatic N) is 2. The van der Waals surface area contributed by atoms with Crippen molar-refractivity contribution in [3.63, 3.8) is 0 Å². The molecule has 0 aliphatic rings. The summed E-state index contributed by atoms with van der Waals surface area (Å²) in [7, 11) is 0. The van der Waals surface area contributed by atoms with E-state index in [1.54, 1.807) is 0 Å². The number of fused-ring (bicyclic) bond motifs is 6. The molecule has 1 heterocycles. The molecular formula is C41H28N2S. The fraction of sp³-hybridized carbons (Fsp3) is 0.0244. The maximum absolute atomic E-state index is 5.22. The van der Waals surface area contributed by atoms with Gasteiger partial charge in [0.25, 0.3) is 0 Å². The number of thiophene rings is 1. The van der Waals surface area contributed by atoms with E-state index in [9.17, 15) is 0 Å². The topological polar surface area (TPSA) is 24.7 Å². The Balaban J connectivity index is 1.22. The molecule has 1 aromatic heterocycles. The first-order valence-corrected chi connectivity index (χ1v) is 15.6. The molecule has 0 saturated heterocycles. The van der Waals surface area contributed by atoms with Crippen molar-refractivity contribution < 1.29 is 0 Å². The summed E-state index contributed by atoms with van der Waals surface area (Å²) in [6.45, 7) is 6.01. The van der Waals surface area contributed by atoms with E-state index in [2.05, 4.69) is 152 Å². The Hall–Kier alpha value is -5.38. The van der Waals surface area contributed by atoms with Crippen LogP contribution in [0, 0.1) is 0 Å². The summed E-state index contributed by atoms with van der Waals surface area (Å²) in [5.41, 5.74) is 8.52. The third-order valence-electron chi connectivity index (χ3n) is 8.51. The zero-order chi connectivity index (χ0) is 29.6. The molecule has 8 rings (SSSR count). The SMILES string of the molecule is C=Nc1c(N=C(C)c2cccc(-c3cccc(-c4cccc5c4sc4ccccc45)c3)c2)c2ccccc2c2ccccc12. The maximum Gasteiger partial charge on any atom is 0.0974 e. The van der Waals surface area contributed by atoms with E-state index in [-0.39, 0.29) is 0 Å². The average molecular weight is 581 g/mol. The van der Waals surface area contributed by atoms with Crippen molar-refractivity contribution in [2.24, 2.45) is 9.98 Å². The molecule has 0 amide bonds. The van der Waals surface area contributed by atoms with Crippen molar-refractivity contribution in [2.75, 3.05) is 0 Å². The van der Waals surface area contributed by atoms with Gasteiger partial charge in [0.2, 0.25) is 0 Å². The minimum atomic E-state index is 0.818. The van der Waals surface area contributed by atoms with Crippen LogP contribution in [-0.2, 0) is 0 Å². The van der Waals surface area contributed by atoms with Gasteiger partial charge in [0.05, 0.1) is 11.4 Å². The lowest BCUT2D eigenvalue weighted by Gasteiger charge is -2.13. The normalized spacial score (nSPS) is 12.0. The van der Waals surface area contributed by atoms with Gasteiger partial charge in [0.15, 0.2) is 0 Å². The molecule has 2 nitrogen and oxygen atoms in total. The van der Waals surface area contributed by atoms with E-state index in [0.29, 0.717) is 0 Å². The van der Waals surface area contributed by atoms with E-state index in [4.69, 9.17) is 4.99 Å². The highest BCUT2D eigenvalue weighted by molar-refractivity contribution is 7.26. The van der Waals surface area contributed by atoms with Gasteiger partial charge in [-0.1, -0.05) is 121 Å². The van der Waals surface area contributed by atoms with Gasteiger partial charge in [-0.2, -0.15) is 0 Å². The van der Waals surface area contributed by atoms with Crippen LogP contribution in [0.4, 0.5) is 11.4 Å². The second kappa shape index (κ2) is 10.7. The Labute approximate surface area is 260 Å². The summed E-state index contributed by atoms with van der Waals surface area (Å²) in [5, 5.41) is 7.11. The fourth-order valence-corrected chi connectivity index (χ4v) is 7.61. The van der Waals surface area contributed by atoms with Crippen LogP contribution in [0.25, 0.3) is 64.0 Å². The standard InChI is InChI=1S/C41H28N2S/c1-26(43-40-36-20-6-4-17-33(36)32-16-3-5-19-35(32)39(40)42-2)27-12-9-13-28(24-27)29-14-10-15-30(25-29)31-21-11-22-37-34-18-7-8-23-38(34)44-41(31)37/h3-25H,2H2,1H3. The molecule has 0 fully saturated rings. The molecule has 0 bridgehead atoms. The lowest BCUT2D eigenvalue weighted by atomic mass is 9.96. The highest BCUT2D eigenvalue weighted by Gasteiger charge is 2.14. The summed E-state index contributed by atoms with van der Waals surface area (Å²) in [4.78, 5) is 9.70. The predicted octanol–water partition coefficient (Wildman–Crippen LogP) is 12.2. The monoisotopic (exact) mass is 580 g/mol. The minimum Gasteiger partial charge on any atom is -0.262 e. The number of benzene rings is 7. The van der Waals surface area contributed by atoms with Crippen LogP contribution in [0.15, 0.2) is 150 Å². The van der Waals surface area contributed by atoms with Gasteiger partial charge in [-0.25, -0.2) is 0 Å². The molecule has 208 valence electrons. The van der Waals surface area contributed by atoms with Crippen molar-refractivity contribution >= 4 is 76.9 Å². The van der Waals surface area contributed by atoms with Crippen LogP contribution < -0.4 is 0 Å². The molecule has 0 aliphatic heterocycles. The van der Waals surface area contributed by atoms with E-state index < -0.39 is 0 Å². The third kappa shape index (κ3) is 4.33. The minimum absolute atomic E-state index is 0.818. The molecule has 0 N–H and O–H groups in total. The van der Waals surface area contributed by atoms with Crippen molar-refractivity contribution in [2.45, 2.75) is 6.92 Å². The van der Waals surface area contributed by atoms with Crippen LogP contribution in [0.5, 0.6) is 0 Å². The maximum atomic E-state index is 5.22. The molecule has 0 aliphatic carbocycles. The molecule has 7 aromatic carbocycles. The molecule has 0 atom stereocenters. The summed E-state index contributed by atoms with van der Waals surface area (Å²) < 4.78 is 2.65. The predicted molar refractivity (Wildman–Crippen MR) is 193 cm³/mol. The van der Waals surface area contributed by atoms with Gasteiger partial charge < -0.3 is 0 Å². The lowest BCUT2D eigenvalue weighted by molar-refractivity contribution is 1.47. The first-order chi connectivity index (χ1) is 21.7. The van der Waals surface area contributed by atoms with Gasteiger partial charge in [-0.15, -0.1) is 11.3 Å². The van der Waals surface area contributed by atoms with Gasteiger partial charge >= 0.3 is 0 Å². The highest BCUT2D eigenvalue weighted by Crippen LogP contribution is 2.44. The van der Waals surface area contributed by atoms with Crippen LogP contribution >= 0.6 is 11.3 Å². The summed E-state index contributed by atoms with van der Waals surface area (Å²) in [5.74, 6) is 0. The Morgan fingerprint density at radius 3 is 1.84 bits per heavy atom. The van der Waals surface area contributed by atoms with Crippen molar-refractivity contribution in [1.29, 1.82) is 0 Å². The molecule has 0 unspecified atom stereocenters. The van der Waals surface area contributed by atoms with Gasteiger partial charge in [-0.05, 0) is 70.4 Å². The summed E-state index contributed by atoms with van der Waals surface area (Å²) in [6, 6.07) is 49.7. The molecule has 8 aromatic rings. The van der Waals surface area contributed by atoms with Crippen LogP contribution in [0.1, 0.15) is 12.5 Å².